The van der Waals surface area contributed by atoms with E-state index in [4.69, 9.17) is 0 Å². The number of rotatable bonds is 1. The second-order valence-corrected chi connectivity index (χ2v) is 4.06. The maximum Gasteiger partial charge on any atom is 0 e. The van der Waals surface area contributed by atoms with E-state index in [9.17, 15) is 0 Å². The standard InChI is InChI=1S/C10H19.2CH4.Sn.H2/c1-8(2)10-6-4-9(3)5-7-10;;;;/h6,8-10H,4-5,7H2,1-3H3;2*1H4;;1H/t9-,10-;;;;/m0..../s1. The molecule has 0 heterocycles. The van der Waals surface area contributed by atoms with Crippen molar-refractivity contribution in [1.29, 1.82) is 0 Å². The Bertz CT molecular complexity index is 96.5. The Kier molecular flexibility index (Phi) is 14.0. The monoisotopic (exact) mass is 293 g/mol. The van der Waals surface area contributed by atoms with Gasteiger partial charge in [0.25, 0.3) is 0 Å². The summed E-state index contributed by atoms with van der Waals surface area (Å²) in [6, 6.07) is 0. The van der Waals surface area contributed by atoms with Gasteiger partial charge in [-0.1, -0.05) is 42.0 Å². The van der Waals surface area contributed by atoms with Crippen molar-refractivity contribution >= 4 is 23.9 Å². The van der Waals surface area contributed by atoms with Crippen LogP contribution < -0.4 is 0 Å². The van der Waals surface area contributed by atoms with Crippen LogP contribution in [0.25, 0.3) is 0 Å². The maximum absolute atomic E-state index is 2.53. The molecule has 1 rings (SSSR count). The molecule has 0 bridgehead atoms. The maximum atomic E-state index is 2.53. The zero-order chi connectivity index (χ0) is 7.56. The van der Waals surface area contributed by atoms with Gasteiger partial charge in [-0.3, -0.25) is 0 Å². The van der Waals surface area contributed by atoms with Crippen molar-refractivity contribution in [3.05, 3.63) is 6.42 Å². The van der Waals surface area contributed by atoms with Crippen molar-refractivity contribution in [2.24, 2.45) is 17.8 Å². The molecule has 0 saturated heterocycles. The summed E-state index contributed by atoms with van der Waals surface area (Å²) in [5, 5.41) is 0. The zero-order valence-electron chi connectivity index (χ0n) is 7.93. The molecule has 0 spiro atoms. The van der Waals surface area contributed by atoms with Crippen LogP contribution in [0.3, 0.4) is 0 Å². The van der Waals surface area contributed by atoms with Gasteiger partial charge in [0.15, 0.2) is 0 Å². The Morgan fingerprint density at radius 1 is 1.23 bits per heavy atom. The molecular formula is C12H29Sn. The van der Waals surface area contributed by atoms with Crippen molar-refractivity contribution in [1.82, 2.24) is 0 Å². The molecule has 0 nitrogen and oxygen atoms in total. The number of hydrogen-bond acceptors (Lipinski definition) is 0. The van der Waals surface area contributed by atoms with Crippen molar-refractivity contribution in [2.75, 3.05) is 0 Å². The van der Waals surface area contributed by atoms with Gasteiger partial charge in [0.05, 0.1) is 0 Å². The largest absolute Gasteiger partial charge is 0.0776 e. The van der Waals surface area contributed by atoms with Crippen LogP contribution in [0, 0.1) is 24.2 Å². The average molecular weight is 292 g/mol. The minimum atomic E-state index is 0. The minimum absolute atomic E-state index is 0. The van der Waals surface area contributed by atoms with Crippen molar-refractivity contribution in [2.45, 2.75) is 54.9 Å². The van der Waals surface area contributed by atoms with Crippen LogP contribution in [0.5, 0.6) is 0 Å². The molecule has 0 aliphatic heterocycles. The van der Waals surface area contributed by atoms with Crippen LogP contribution in [0.15, 0.2) is 0 Å². The summed E-state index contributed by atoms with van der Waals surface area (Å²) in [6.07, 6.45) is 6.75. The van der Waals surface area contributed by atoms with Gasteiger partial charge in [-0.25, -0.2) is 0 Å². The summed E-state index contributed by atoms with van der Waals surface area (Å²) >= 11 is 0. The Labute approximate surface area is 104 Å². The Hall–Kier alpha value is 0.799. The first kappa shape index (κ1) is 19.4. The summed E-state index contributed by atoms with van der Waals surface area (Å²) in [7, 11) is 0. The molecule has 0 aromatic carbocycles. The summed E-state index contributed by atoms with van der Waals surface area (Å²) < 4.78 is 0. The molecule has 0 aromatic heterocycles. The summed E-state index contributed by atoms with van der Waals surface area (Å²) in [4.78, 5) is 0. The molecule has 0 amide bonds. The summed E-state index contributed by atoms with van der Waals surface area (Å²) in [6.45, 7) is 7.02. The molecule has 1 aliphatic rings. The molecule has 0 aromatic rings. The number of hydrogen-bond donors (Lipinski definition) is 0. The van der Waals surface area contributed by atoms with Crippen LogP contribution in [0.4, 0.5) is 0 Å². The van der Waals surface area contributed by atoms with E-state index in [-0.39, 0.29) is 40.2 Å². The van der Waals surface area contributed by atoms with Gasteiger partial charge in [0, 0.05) is 25.3 Å². The van der Waals surface area contributed by atoms with Gasteiger partial charge in [-0.15, -0.1) is 0 Å². The van der Waals surface area contributed by atoms with Gasteiger partial charge in [0.2, 0.25) is 0 Å². The van der Waals surface area contributed by atoms with E-state index in [0.717, 1.165) is 17.8 Å². The quantitative estimate of drug-likeness (QED) is 0.628. The topological polar surface area (TPSA) is 0 Å². The first-order valence-electron chi connectivity index (χ1n) is 4.53. The van der Waals surface area contributed by atoms with E-state index >= 15 is 0 Å². The third-order valence-corrected chi connectivity index (χ3v) is 2.69. The van der Waals surface area contributed by atoms with Gasteiger partial charge in [-0.05, 0) is 37.0 Å². The molecule has 81 valence electrons. The third-order valence-electron chi connectivity index (χ3n) is 2.69. The molecule has 0 N–H and O–H groups in total. The molecular weight excluding hydrogens is 263 g/mol. The SMILES string of the molecule is C.C.CC(C)[C@H]1[CH]C[C@H](C)CC1.[HH].[Sn]. The summed E-state index contributed by atoms with van der Waals surface area (Å²) in [5.41, 5.74) is 0. The Balaban J connectivity index is -0.000000125. The fraction of sp³-hybridized carbons (Fsp3) is 0.917. The van der Waals surface area contributed by atoms with Crippen LogP contribution in [0.2, 0.25) is 0 Å². The minimum Gasteiger partial charge on any atom is -0.0776 e. The van der Waals surface area contributed by atoms with E-state index in [2.05, 4.69) is 27.2 Å². The molecule has 2 atom stereocenters. The molecule has 13 heavy (non-hydrogen) atoms. The molecule has 1 fully saturated rings. The second-order valence-electron chi connectivity index (χ2n) is 4.06. The average Bonchev–Trinajstić information content (AvgIpc) is 1.88. The van der Waals surface area contributed by atoms with E-state index in [1.54, 1.807) is 0 Å². The molecule has 1 aliphatic carbocycles. The molecule has 5 radical (unpaired) electrons. The first-order chi connectivity index (χ1) is 4.70. The molecule has 1 heteroatoms. The fourth-order valence-corrected chi connectivity index (χ4v) is 1.73. The third kappa shape index (κ3) is 6.81. The predicted octanol–water partition coefficient (Wildman–Crippen LogP) is 4.42. The Morgan fingerprint density at radius 3 is 2.08 bits per heavy atom. The van der Waals surface area contributed by atoms with Crippen molar-refractivity contribution in [3.8, 4) is 0 Å². The fourth-order valence-electron chi connectivity index (χ4n) is 1.73. The zero-order valence-corrected chi connectivity index (χ0v) is 10.8. The van der Waals surface area contributed by atoms with Crippen LogP contribution in [-0.4, -0.2) is 23.9 Å². The van der Waals surface area contributed by atoms with E-state index in [0.29, 0.717) is 0 Å². The van der Waals surface area contributed by atoms with Gasteiger partial charge in [0.1, 0.15) is 0 Å². The summed E-state index contributed by atoms with van der Waals surface area (Å²) in [5.74, 6) is 2.73. The van der Waals surface area contributed by atoms with E-state index < -0.39 is 0 Å². The van der Waals surface area contributed by atoms with Crippen molar-refractivity contribution in [3.63, 3.8) is 0 Å². The van der Waals surface area contributed by atoms with Crippen LogP contribution in [-0.2, 0) is 0 Å². The smallest absolute Gasteiger partial charge is 0 e. The second kappa shape index (κ2) is 9.36. The Morgan fingerprint density at radius 2 is 1.77 bits per heavy atom. The van der Waals surface area contributed by atoms with Crippen LogP contribution in [0.1, 0.15) is 56.3 Å². The predicted molar refractivity (Wildman–Crippen MR) is 67.0 cm³/mol. The first-order valence-corrected chi connectivity index (χ1v) is 4.53. The molecule has 0 unspecified atom stereocenters. The molecule has 1 saturated carbocycles. The van der Waals surface area contributed by atoms with Gasteiger partial charge >= 0.3 is 0 Å². The van der Waals surface area contributed by atoms with Gasteiger partial charge < -0.3 is 0 Å². The normalized spacial score (nSPS) is 26.8. The van der Waals surface area contributed by atoms with Gasteiger partial charge in [-0.2, -0.15) is 0 Å². The van der Waals surface area contributed by atoms with Crippen molar-refractivity contribution < 1.29 is 1.43 Å². The van der Waals surface area contributed by atoms with E-state index in [1.165, 1.54) is 19.3 Å². The van der Waals surface area contributed by atoms with E-state index in [1.807, 2.05) is 0 Å². The van der Waals surface area contributed by atoms with Crippen LogP contribution >= 0.6 is 0 Å².